The maximum atomic E-state index is 11.1. The number of aromatic nitrogens is 1. The molecule has 2 rings (SSSR count). The van der Waals surface area contributed by atoms with Crippen molar-refractivity contribution in [1.29, 1.82) is 0 Å². The predicted octanol–water partition coefficient (Wildman–Crippen LogP) is 0.991. The van der Waals surface area contributed by atoms with Crippen molar-refractivity contribution in [1.82, 2.24) is 10.5 Å². The van der Waals surface area contributed by atoms with Gasteiger partial charge in [0.25, 0.3) is 0 Å². The third kappa shape index (κ3) is 2.49. The maximum absolute atomic E-state index is 11.1. The van der Waals surface area contributed by atoms with Gasteiger partial charge in [-0.15, -0.1) is 0 Å². The minimum Gasteiger partial charge on any atom is -0.475 e. The molecule has 1 atom stereocenters. The van der Waals surface area contributed by atoms with Crippen molar-refractivity contribution in [3.05, 3.63) is 10.6 Å². The fourth-order valence-electron chi connectivity index (χ4n) is 1.82. The Kier molecular flexibility index (Phi) is 3.73. The Morgan fingerprint density at radius 3 is 2.75 bits per heavy atom. The van der Waals surface area contributed by atoms with Gasteiger partial charge in [0.15, 0.2) is 5.13 Å². The van der Waals surface area contributed by atoms with Crippen molar-refractivity contribution in [2.75, 3.05) is 5.32 Å². The van der Waals surface area contributed by atoms with Gasteiger partial charge in [0, 0.05) is 13.3 Å². The van der Waals surface area contributed by atoms with E-state index in [1.54, 1.807) is 6.92 Å². The van der Waals surface area contributed by atoms with E-state index in [1.807, 2.05) is 6.92 Å². The Balaban J connectivity index is 2.40. The second kappa shape index (κ2) is 5.17. The van der Waals surface area contributed by atoms with Crippen LogP contribution in [-0.2, 0) is 20.2 Å². The number of hydrogen-bond acceptors (Lipinski definition) is 7. The lowest BCUT2D eigenvalue weighted by Crippen LogP contribution is -2.29. The fraction of sp³-hybridized carbons (Fsp3) is 0.455. The second-order valence-corrected chi connectivity index (χ2v) is 5.22. The molecule has 2 heterocycles. The smallest absolute Gasteiger partial charge is 0.373 e. The summed E-state index contributed by atoms with van der Waals surface area (Å²) < 4.78 is 0. The van der Waals surface area contributed by atoms with Crippen molar-refractivity contribution in [3.63, 3.8) is 0 Å². The minimum atomic E-state index is -1.19. The summed E-state index contributed by atoms with van der Waals surface area (Å²) in [5.41, 5.74) is 1.83. The van der Waals surface area contributed by atoms with Crippen molar-refractivity contribution in [2.45, 2.75) is 32.9 Å². The summed E-state index contributed by atoms with van der Waals surface area (Å²) in [6, 6.07) is 0. The summed E-state index contributed by atoms with van der Waals surface area (Å²) in [7, 11) is 0. The van der Waals surface area contributed by atoms with Gasteiger partial charge in [-0.25, -0.2) is 25.1 Å². The SMILES string of the molecule is CCC1(c2sc(NC(C)=O)nc2C)N=C(C(=O)O)NO1. The molecule has 0 saturated carbocycles. The van der Waals surface area contributed by atoms with Crippen molar-refractivity contribution < 1.29 is 19.5 Å². The van der Waals surface area contributed by atoms with E-state index in [1.165, 1.54) is 18.3 Å². The van der Waals surface area contributed by atoms with Gasteiger partial charge >= 0.3 is 5.97 Å². The Bertz CT molecular complexity index is 597. The van der Waals surface area contributed by atoms with E-state index in [-0.39, 0.29) is 11.7 Å². The zero-order valence-electron chi connectivity index (χ0n) is 11.2. The molecule has 0 radical (unpaired) electrons. The molecule has 0 bridgehead atoms. The highest BCUT2D eigenvalue weighted by atomic mass is 32.1. The number of aliphatic carboxylic acids is 1. The van der Waals surface area contributed by atoms with Gasteiger partial charge in [0.1, 0.15) is 0 Å². The summed E-state index contributed by atoms with van der Waals surface area (Å²) in [5.74, 6) is -1.67. The first-order valence-corrected chi connectivity index (χ1v) is 6.72. The molecule has 9 heteroatoms. The van der Waals surface area contributed by atoms with E-state index in [0.717, 1.165) is 0 Å². The van der Waals surface area contributed by atoms with Gasteiger partial charge in [0.2, 0.25) is 17.5 Å². The molecule has 108 valence electrons. The number of amidine groups is 1. The molecule has 0 fully saturated rings. The average molecular weight is 298 g/mol. The van der Waals surface area contributed by atoms with Crippen molar-refractivity contribution in [2.24, 2.45) is 4.99 Å². The van der Waals surface area contributed by atoms with Crippen LogP contribution in [0.1, 0.15) is 30.8 Å². The van der Waals surface area contributed by atoms with Crippen molar-refractivity contribution >= 4 is 34.2 Å². The van der Waals surface area contributed by atoms with E-state index in [9.17, 15) is 9.59 Å². The van der Waals surface area contributed by atoms with E-state index in [0.29, 0.717) is 22.1 Å². The number of aliphatic imine (C=N–C) groups is 1. The highest BCUT2D eigenvalue weighted by Gasteiger charge is 2.42. The first kappa shape index (κ1) is 14.4. The summed E-state index contributed by atoms with van der Waals surface area (Å²) in [6.45, 7) is 4.97. The topological polar surface area (TPSA) is 113 Å². The first-order chi connectivity index (χ1) is 9.38. The van der Waals surface area contributed by atoms with E-state index in [4.69, 9.17) is 9.94 Å². The normalized spacial score (nSPS) is 21.2. The van der Waals surface area contributed by atoms with Crippen LogP contribution in [0.5, 0.6) is 0 Å². The van der Waals surface area contributed by atoms with Gasteiger partial charge in [-0.3, -0.25) is 4.79 Å². The van der Waals surface area contributed by atoms with E-state index >= 15 is 0 Å². The molecular formula is C11H14N4O4S. The number of rotatable bonds is 4. The fourth-order valence-corrected chi connectivity index (χ4v) is 2.98. The summed E-state index contributed by atoms with van der Waals surface area (Å²) in [5, 5.41) is 12.0. The molecule has 3 N–H and O–H groups in total. The number of hydrogen-bond donors (Lipinski definition) is 3. The summed E-state index contributed by atoms with van der Waals surface area (Å²) in [6.07, 6.45) is 0.430. The Morgan fingerprint density at radius 1 is 1.55 bits per heavy atom. The van der Waals surface area contributed by atoms with Gasteiger partial charge < -0.3 is 10.4 Å². The number of carboxylic acid groups (broad SMARTS) is 1. The molecule has 0 saturated heterocycles. The number of amides is 1. The third-order valence-electron chi connectivity index (χ3n) is 2.73. The average Bonchev–Trinajstić information content (AvgIpc) is 2.93. The van der Waals surface area contributed by atoms with Crippen LogP contribution in [0, 0.1) is 6.92 Å². The van der Waals surface area contributed by atoms with Crippen LogP contribution in [0.3, 0.4) is 0 Å². The highest BCUT2D eigenvalue weighted by molar-refractivity contribution is 7.16. The lowest BCUT2D eigenvalue weighted by Gasteiger charge is -2.20. The Morgan fingerprint density at radius 2 is 2.25 bits per heavy atom. The summed E-state index contributed by atoms with van der Waals surface area (Å²) >= 11 is 1.21. The van der Waals surface area contributed by atoms with Gasteiger partial charge in [-0.1, -0.05) is 18.3 Å². The maximum Gasteiger partial charge on any atom is 0.373 e. The number of carbonyl (C=O) groups excluding carboxylic acids is 1. The van der Waals surface area contributed by atoms with E-state index in [2.05, 4.69) is 20.8 Å². The third-order valence-corrected chi connectivity index (χ3v) is 3.93. The van der Waals surface area contributed by atoms with Gasteiger partial charge in [0.05, 0.1) is 10.6 Å². The molecule has 1 aliphatic rings. The van der Waals surface area contributed by atoms with Crippen LogP contribution in [0.25, 0.3) is 0 Å². The number of nitrogens with zero attached hydrogens (tertiary/aromatic N) is 2. The van der Waals surface area contributed by atoms with Crippen LogP contribution in [0.15, 0.2) is 4.99 Å². The molecule has 20 heavy (non-hydrogen) atoms. The van der Waals surface area contributed by atoms with E-state index < -0.39 is 11.7 Å². The molecule has 1 aromatic heterocycles. The lowest BCUT2D eigenvalue weighted by atomic mass is 10.1. The molecule has 0 spiro atoms. The monoisotopic (exact) mass is 298 g/mol. The Hall–Kier alpha value is -2.00. The molecule has 8 nitrogen and oxygen atoms in total. The number of nitrogens with one attached hydrogen (secondary N) is 2. The van der Waals surface area contributed by atoms with Gasteiger partial charge in [-0.05, 0) is 6.92 Å². The molecule has 1 unspecified atom stereocenters. The number of aryl methyl sites for hydroxylation is 1. The quantitative estimate of drug-likeness (QED) is 0.764. The number of thiazole rings is 1. The summed E-state index contributed by atoms with van der Waals surface area (Å²) in [4.78, 5) is 36.3. The number of hydroxylamine groups is 1. The van der Waals surface area contributed by atoms with Crippen molar-refractivity contribution in [3.8, 4) is 0 Å². The zero-order valence-corrected chi connectivity index (χ0v) is 12.0. The first-order valence-electron chi connectivity index (χ1n) is 5.90. The number of carbonyl (C=O) groups is 2. The predicted molar refractivity (Wildman–Crippen MR) is 72.4 cm³/mol. The van der Waals surface area contributed by atoms with Crippen LogP contribution in [0.4, 0.5) is 5.13 Å². The van der Waals surface area contributed by atoms with Crippen LogP contribution >= 0.6 is 11.3 Å². The van der Waals surface area contributed by atoms with Crippen LogP contribution in [0.2, 0.25) is 0 Å². The largest absolute Gasteiger partial charge is 0.475 e. The number of carboxylic acids is 1. The molecule has 0 aliphatic carbocycles. The standard InChI is InChI=1S/C11H14N4O4S/c1-4-11(14-8(9(17)18)15-19-11)7-5(2)12-10(20-7)13-6(3)16/h4H2,1-3H3,(H,14,15)(H,17,18)(H,12,13,16). The van der Waals surface area contributed by atoms with Crippen LogP contribution < -0.4 is 10.8 Å². The van der Waals surface area contributed by atoms with Crippen LogP contribution in [-0.4, -0.2) is 27.8 Å². The number of anilines is 1. The zero-order chi connectivity index (χ0) is 14.9. The molecular weight excluding hydrogens is 284 g/mol. The minimum absolute atomic E-state index is 0.226. The van der Waals surface area contributed by atoms with Gasteiger partial charge in [-0.2, -0.15) is 0 Å². The highest BCUT2D eigenvalue weighted by Crippen LogP contribution is 2.40. The molecule has 1 aliphatic heterocycles. The Labute approximate surface area is 118 Å². The molecule has 1 amide bonds. The molecule has 0 aromatic carbocycles. The molecule has 1 aromatic rings. The second-order valence-electron chi connectivity index (χ2n) is 4.22. The lowest BCUT2D eigenvalue weighted by molar-refractivity contribution is -0.130.